The molecule has 0 atom stereocenters. The van der Waals surface area contributed by atoms with Crippen molar-refractivity contribution in [1.29, 1.82) is 0 Å². The van der Waals surface area contributed by atoms with Gasteiger partial charge in [-0.2, -0.15) is 0 Å². The Kier molecular flexibility index (Phi) is 4.58. The first kappa shape index (κ1) is 12.9. The van der Waals surface area contributed by atoms with Crippen LogP contribution in [0.1, 0.15) is 37.8 Å². The van der Waals surface area contributed by atoms with Crippen LogP contribution in [0.25, 0.3) is 11.1 Å². The number of benzene rings is 2. The smallest absolute Gasteiger partial charge is 0.0184 e. The molecule has 0 spiro atoms. The Balaban J connectivity index is 2.12. The number of hydrogen-bond donors (Lipinski definition) is 0. The minimum absolute atomic E-state index is 1.11. The number of aryl methyl sites for hydroxylation is 2. The molecule has 0 N–H and O–H groups in total. The SMILES string of the molecule is CCCCc1ccc(-c2ccc(CC)cc2)cc1. The van der Waals surface area contributed by atoms with Crippen LogP contribution in [0.4, 0.5) is 0 Å². The van der Waals surface area contributed by atoms with Crippen molar-refractivity contribution in [3.63, 3.8) is 0 Å². The van der Waals surface area contributed by atoms with E-state index in [1.165, 1.54) is 41.5 Å². The van der Waals surface area contributed by atoms with E-state index in [0.29, 0.717) is 0 Å². The zero-order chi connectivity index (χ0) is 12.8. The van der Waals surface area contributed by atoms with Crippen LogP contribution in [-0.2, 0) is 12.8 Å². The van der Waals surface area contributed by atoms with Gasteiger partial charge in [0.1, 0.15) is 0 Å². The summed E-state index contributed by atoms with van der Waals surface area (Å²) in [5.41, 5.74) is 5.48. The molecule has 0 heterocycles. The van der Waals surface area contributed by atoms with Crippen LogP contribution in [0.15, 0.2) is 48.5 Å². The fourth-order valence-corrected chi connectivity index (χ4v) is 2.18. The topological polar surface area (TPSA) is 0 Å². The lowest BCUT2D eigenvalue weighted by atomic mass is 10.0. The maximum Gasteiger partial charge on any atom is -0.0184 e. The molecule has 2 aromatic carbocycles. The third kappa shape index (κ3) is 3.22. The minimum Gasteiger partial charge on any atom is -0.0654 e. The van der Waals surface area contributed by atoms with Gasteiger partial charge in [0, 0.05) is 0 Å². The van der Waals surface area contributed by atoms with Gasteiger partial charge in [-0.15, -0.1) is 0 Å². The quantitative estimate of drug-likeness (QED) is 0.666. The molecule has 0 saturated carbocycles. The molecule has 2 rings (SSSR count). The van der Waals surface area contributed by atoms with Crippen LogP contribution in [0.5, 0.6) is 0 Å². The third-order valence-corrected chi connectivity index (χ3v) is 3.47. The third-order valence-electron chi connectivity index (χ3n) is 3.47. The van der Waals surface area contributed by atoms with Gasteiger partial charge < -0.3 is 0 Å². The second kappa shape index (κ2) is 6.39. The highest BCUT2D eigenvalue weighted by Gasteiger charge is 1.98. The van der Waals surface area contributed by atoms with Crippen molar-refractivity contribution in [2.75, 3.05) is 0 Å². The molecular formula is C18H22. The molecule has 18 heavy (non-hydrogen) atoms. The van der Waals surface area contributed by atoms with E-state index in [1.54, 1.807) is 0 Å². The summed E-state index contributed by atoms with van der Waals surface area (Å²) in [7, 11) is 0. The van der Waals surface area contributed by atoms with Crippen LogP contribution in [0.3, 0.4) is 0 Å². The Labute approximate surface area is 111 Å². The van der Waals surface area contributed by atoms with Gasteiger partial charge in [-0.25, -0.2) is 0 Å². The molecule has 0 aliphatic heterocycles. The standard InChI is InChI=1S/C18H22/c1-3-5-6-16-9-13-18(14-10-16)17-11-7-15(4-2)8-12-17/h7-14H,3-6H2,1-2H3. The van der Waals surface area contributed by atoms with Gasteiger partial charge >= 0.3 is 0 Å². The van der Waals surface area contributed by atoms with Crippen molar-refractivity contribution in [3.05, 3.63) is 59.7 Å². The average Bonchev–Trinajstić information content (AvgIpc) is 2.46. The Hall–Kier alpha value is -1.56. The molecule has 0 aliphatic carbocycles. The zero-order valence-electron chi connectivity index (χ0n) is 11.4. The average molecular weight is 238 g/mol. The predicted octanol–water partition coefficient (Wildman–Crippen LogP) is 5.26. The lowest BCUT2D eigenvalue weighted by Crippen LogP contribution is -1.85. The van der Waals surface area contributed by atoms with E-state index in [4.69, 9.17) is 0 Å². The molecule has 0 bridgehead atoms. The molecule has 0 heteroatoms. The number of unbranched alkanes of at least 4 members (excludes halogenated alkanes) is 1. The summed E-state index contributed by atoms with van der Waals surface area (Å²) < 4.78 is 0. The maximum absolute atomic E-state index is 2.26. The molecule has 0 amide bonds. The van der Waals surface area contributed by atoms with Crippen LogP contribution < -0.4 is 0 Å². The summed E-state index contributed by atoms with van der Waals surface area (Å²) in [5, 5.41) is 0. The van der Waals surface area contributed by atoms with E-state index >= 15 is 0 Å². The van der Waals surface area contributed by atoms with Gasteiger partial charge in [-0.3, -0.25) is 0 Å². The Morgan fingerprint density at radius 2 is 1.17 bits per heavy atom. The van der Waals surface area contributed by atoms with E-state index in [-0.39, 0.29) is 0 Å². The fraction of sp³-hybridized carbons (Fsp3) is 0.333. The second-order valence-electron chi connectivity index (χ2n) is 4.85. The highest BCUT2D eigenvalue weighted by Crippen LogP contribution is 2.21. The molecule has 0 radical (unpaired) electrons. The molecule has 94 valence electrons. The van der Waals surface area contributed by atoms with Crippen LogP contribution >= 0.6 is 0 Å². The van der Waals surface area contributed by atoms with E-state index in [2.05, 4.69) is 62.4 Å². The van der Waals surface area contributed by atoms with E-state index in [1.807, 2.05) is 0 Å². The molecule has 2 aromatic rings. The Bertz CT molecular complexity index is 462. The van der Waals surface area contributed by atoms with E-state index < -0.39 is 0 Å². The number of rotatable bonds is 5. The largest absolute Gasteiger partial charge is 0.0654 e. The van der Waals surface area contributed by atoms with Gasteiger partial charge in [0.15, 0.2) is 0 Å². The molecule has 0 aliphatic rings. The minimum atomic E-state index is 1.11. The van der Waals surface area contributed by atoms with E-state index in [0.717, 1.165) is 6.42 Å². The normalized spacial score (nSPS) is 10.6. The molecule has 0 aromatic heterocycles. The Morgan fingerprint density at radius 3 is 1.61 bits per heavy atom. The molecule has 0 nitrogen and oxygen atoms in total. The van der Waals surface area contributed by atoms with Gasteiger partial charge in [0.25, 0.3) is 0 Å². The summed E-state index contributed by atoms with van der Waals surface area (Å²) in [4.78, 5) is 0. The number of hydrogen-bond acceptors (Lipinski definition) is 0. The first-order chi connectivity index (χ1) is 8.83. The highest BCUT2D eigenvalue weighted by atomic mass is 14.0. The summed E-state index contributed by atoms with van der Waals surface area (Å²) in [5.74, 6) is 0. The van der Waals surface area contributed by atoms with Crippen LogP contribution in [0, 0.1) is 0 Å². The summed E-state index contributed by atoms with van der Waals surface area (Å²) in [6.45, 7) is 4.43. The highest BCUT2D eigenvalue weighted by molar-refractivity contribution is 5.63. The summed E-state index contributed by atoms with van der Waals surface area (Å²) >= 11 is 0. The lowest BCUT2D eigenvalue weighted by molar-refractivity contribution is 0.795. The van der Waals surface area contributed by atoms with Gasteiger partial charge in [0.2, 0.25) is 0 Å². The summed E-state index contributed by atoms with van der Waals surface area (Å²) in [6, 6.07) is 17.9. The molecule has 0 saturated heterocycles. The van der Waals surface area contributed by atoms with Crippen LogP contribution in [0.2, 0.25) is 0 Å². The van der Waals surface area contributed by atoms with Crippen molar-refractivity contribution in [2.24, 2.45) is 0 Å². The maximum atomic E-state index is 2.26. The van der Waals surface area contributed by atoms with Crippen molar-refractivity contribution >= 4 is 0 Å². The molecule has 0 fully saturated rings. The van der Waals surface area contributed by atoms with Crippen molar-refractivity contribution < 1.29 is 0 Å². The lowest BCUT2D eigenvalue weighted by Gasteiger charge is -2.05. The predicted molar refractivity (Wildman–Crippen MR) is 79.9 cm³/mol. The van der Waals surface area contributed by atoms with Gasteiger partial charge in [0.05, 0.1) is 0 Å². The molecule has 0 unspecified atom stereocenters. The van der Waals surface area contributed by atoms with Gasteiger partial charge in [-0.1, -0.05) is 68.8 Å². The van der Waals surface area contributed by atoms with Crippen molar-refractivity contribution in [1.82, 2.24) is 0 Å². The van der Waals surface area contributed by atoms with Gasteiger partial charge in [-0.05, 0) is 41.5 Å². The monoisotopic (exact) mass is 238 g/mol. The fourth-order valence-electron chi connectivity index (χ4n) is 2.18. The molecular weight excluding hydrogens is 216 g/mol. The summed E-state index contributed by atoms with van der Waals surface area (Å²) in [6.07, 6.45) is 4.85. The Morgan fingerprint density at radius 1 is 0.667 bits per heavy atom. The second-order valence-corrected chi connectivity index (χ2v) is 4.85. The first-order valence-corrected chi connectivity index (χ1v) is 7.01. The van der Waals surface area contributed by atoms with Crippen LogP contribution in [-0.4, -0.2) is 0 Å². The van der Waals surface area contributed by atoms with E-state index in [9.17, 15) is 0 Å². The van der Waals surface area contributed by atoms with Crippen molar-refractivity contribution in [2.45, 2.75) is 39.5 Å². The zero-order valence-corrected chi connectivity index (χ0v) is 11.4. The first-order valence-electron chi connectivity index (χ1n) is 7.01. The van der Waals surface area contributed by atoms with Crippen molar-refractivity contribution in [3.8, 4) is 11.1 Å².